The number of benzene rings is 2. The Labute approximate surface area is 229 Å². The number of aromatic amines is 1. The number of aromatic nitrogens is 1. The van der Waals surface area contributed by atoms with Gasteiger partial charge in [0.1, 0.15) is 5.78 Å². The predicted octanol–water partition coefficient (Wildman–Crippen LogP) is 7.08. The second kappa shape index (κ2) is 9.65. The van der Waals surface area contributed by atoms with Crippen molar-refractivity contribution in [2.75, 3.05) is 10.6 Å². The summed E-state index contributed by atoms with van der Waals surface area (Å²) < 4.78 is 0. The number of H-pyrrole nitrogens is 1. The fourth-order valence-corrected chi connectivity index (χ4v) is 8.25. The Balaban J connectivity index is 1.06. The number of nitrogens with one attached hydrogen (secondary N) is 3. The molecule has 0 radical (unpaired) electrons. The molecule has 2 amide bonds. The maximum absolute atomic E-state index is 13.5. The zero-order valence-corrected chi connectivity index (χ0v) is 22.4. The maximum Gasteiger partial charge on any atom is 0.230 e. The first-order valence-corrected chi connectivity index (χ1v) is 14.9. The largest absolute Gasteiger partial charge is 0.361 e. The number of carbonyl (C=O) groups excluding carboxylic acids is 3. The van der Waals surface area contributed by atoms with Gasteiger partial charge in [0.2, 0.25) is 11.8 Å². The first kappa shape index (κ1) is 24.6. The van der Waals surface area contributed by atoms with E-state index in [4.69, 9.17) is 0 Å². The van der Waals surface area contributed by atoms with Crippen LogP contribution in [0, 0.1) is 29.1 Å². The normalized spacial score (nSPS) is 28.4. The van der Waals surface area contributed by atoms with Gasteiger partial charge >= 0.3 is 0 Å². The van der Waals surface area contributed by atoms with Gasteiger partial charge in [-0.2, -0.15) is 0 Å². The van der Waals surface area contributed by atoms with E-state index >= 15 is 0 Å². The van der Waals surface area contributed by atoms with Crippen molar-refractivity contribution in [3.05, 3.63) is 48.7 Å². The molecule has 1 aromatic heterocycles. The van der Waals surface area contributed by atoms with Crippen molar-refractivity contribution < 1.29 is 14.4 Å². The Bertz CT molecular complexity index is 1410. The van der Waals surface area contributed by atoms with E-state index in [1.807, 2.05) is 42.6 Å². The minimum atomic E-state index is -0.377. The van der Waals surface area contributed by atoms with E-state index in [0.29, 0.717) is 11.7 Å². The molecule has 2 aromatic carbocycles. The number of carbonyl (C=O) groups is 3. The number of fused-ring (bicyclic) bond motifs is 1. The van der Waals surface area contributed by atoms with Crippen LogP contribution < -0.4 is 10.6 Å². The number of amides is 2. The lowest BCUT2D eigenvalue weighted by Gasteiger charge is -2.54. The van der Waals surface area contributed by atoms with Gasteiger partial charge in [-0.05, 0) is 86.8 Å². The van der Waals surface area contributed by atoms with Crippen molar-refractivity contribution in [1.82, 2.24) is 4.98 Å². The zero-order chi connectivity index (χ0) is 26.6. The van der Waals surface area contributed by atoms with Crippen molar-refractivity contribution >= 4 is 39.9 Å². The Kier molecular flexibility index (Phi) is 6.09. The summed E-state index contributed by atoms with van der Waals surface area (Å²) in [6, 6.07) is 14.1. The molecule has 1 heterocycles. The van der Waals surface area contributed by atoms with Crippen LogP contribution >= 0.6 is 0 Å². The lowest BCUT2D eigenvalue weighted by atomic mass is 9.49. The van der Waals surface area contributed by atoms with Crippen LogP contribution in [0.1, 0.15) is 70.6 Å². The smallest absolute Gasteiger partial charge is 0.230 e. The molecular formula is C33H37N3O3. The van der Waals surface area contributed by atoms with Gasteiger partial charge in [0.25, 0.3) is 0 Å². The topological polar surface area (TPSA) is 91.1 Å². The number of anilines is 2. The highest BCUT2D eigenvalue weighted by Crippen LogP contribution is 2.59. The fourth-order valence-electron chi connectivity index (χ4n) is 8.25. The van der Waals surface area contributed by atoms with E-state index < -0.39 is 0 Å². The standard InChI is InChI=1S/C33H37N3O3/c37-30-23-13-20-14-24(30)18-33(16-20,17-23)32(39)36-25-9-7-21(8-10-25)28-19-34-29-12-11-26(15-27(28)29)35-31(38)22-5-3-1-2-4-6-22/h7-12,15,19-20,22-24,34H,1-6,13-14,16-18H2,(H,35,38)(H,36,39). The monoisotopic (exact) mass is 523 g/mol. The molecule has 3 aromatic rings. The quantitative estimate of drug-likeness (QED) is 0.312. The molecule has 3 N–H and O–H groups in total. The van der Waals surface area contributed by atoms with Gasteiger partial charge in [0, 0.05) is 51.8 Å². The van der Waals surface area contributed by atoms with E-state index in [9.17, 15) is 14.4 Å². The lowest BCUT2D eigenvalue weighted by molar-refractivity contribution is -0.154. The first-order chi connectivity index (χ1) is 19.0. The Hall–Kier alpha value is -3.41. The molecule has 6 nitrogen and oxygen atoms in total. The highest BCUT2D eigenvalue weighted by atomic mass is 16.2. The third-order valence-corrected chi connectivity index (χ3v) is 10.1. The van der Waals surface area contributed by atoms with Gasteiger partial charge in [-0.1, -0.05) is 37.8 Å². The molecule has 2 unspecified atom stereocenters. The van der Waals surface area contributed by atoms with Crippen LogP contribution in [0.25, 0.3) is 22.0 Å². The maximum atomic E-state index is 13.5. The minimum Gasteiger partial charge on any atom is -0.361 e. The average molecular weight is 524 g/mol. The highest BCUT2D eigenvalue weighted by molar-refractivity contribution is 6.01. The number of hydrogen-bond acceptors (Lipinski definition) is 3. The molecule has 0 aliphatic heterocycles. The summed E-state index contributed by atoms with van der Waals surface area (Å²) in [7, 11) is 0. The third kappa shape index (κ3) is 4.48. The summed E-state index contributed by atoms with van der Waals surface area (Å²) >= 11 is 0. The van der Waals surface area contributed by atoms with Crippen molar-refractivity contribution in [3.63, 3.8) is 0 Å². The van der Waals surface area contributed by atoms with Gasteiger partial charge < -0.3 is 15.6 Å². The Morgan fingerprint density at radius 1 is 0.821 bits per heavy atom. The summed E-state index contributed by atoms with van der Waals surface area (Å²) in [5.41, 5.74) is 4.38. The van der Waals surface area contributed by atoms with Gasteiger partial charge in [-0.25, -0.2) is 0 Å². The van der Waals surface area contributed by atoms with E-state index in [-0.39, 0.29) is 35.0 Å². The van der Waals surface area contributed by atoms with Gasteiger partial charge in [-0.3, -0.25) is 14.4 Å². The summed E-state index contributed by atoms with van der Waals surface area (Å²) in [6.45, 7) is 0. The van der Waals surface area contributed by atoms with Crippen molar-refractivity contribution in [2.24, 2.45) is 29.1 Å². The van der Waals surface area contributed by atoms with E-state index in [1.165, 1.54) is 12.8 Å². The van der Waals surface area contributed by atoms with E-state index in [2.05, 4.69) is 21.7 Å². The first-order valence-electron chi connectivity index (χ1n) is 14.9. The zero-order valence-electron chi connectivity index (χ0n) is 22.4. The molecule has 4 bridgehead atoms. The molecule has 2 atom stereocenters. The number of hydrogen-bond donors (Lipinski definition) is 3. The molecule has 8 rings (SSSR count). The second-order valence-electron chi connectivity index (χ2n) is 12.7. The number of ketones is 1. The second-order valence-corrected chi connectivity index (χ2v) is 12.7. The Morgan fingerprint density at radius 2 is 1.51 bits per heavy atom. The lowest BCUT2D eigenvalue weighted by Crippen LogP contribution is -2.55. The van der Waals surface area contributed by atoms with Crippen molar-refractivity contribution in [2.45, 2.75) is 70.6 Å². The number of Topliss-reactive ketones (excluding diaryl/α,β-unsaturated/α-hetero) is 1. The summed E-state index contributed by atoms with van der Waals surface area (Å²) in [5.74, 6) is 1.44. The fraction of sp³-hybridized carbons (Fsp3) is 0.485. The van der Waals surface area contributed by atoms with Crippen molar-refractivity contribution in [1.29, 1.82) is 0 Å². The summed E-state index contributed by atoms with van der Waals surface area (Å²) in [5, 5.41) is 7.41. The van der Waals surface area contributed by atoms with Crippen molar-refractivity contribution in [3.8, 4) is 11.1 Å². The molecule has 0 spiro atoms. The van der Waals surface area contributed by atoms with Gasteiger partial charge in [-0.15, -0.1) is 0 Å². The molecule has 6 heteroatoms. The SMILES string of the molecule is O=C(Nc1ccc2[nH]cc(-c3ccc(NC(=O)C45CC6CC(C4)C(=O)C(C6)C5)cc3)c2c1)C1CCCCCC1. The number of rotatable bonds is 5. The van der Waals surface area contributed by atoms with E-state index in [1.54, 1.807) is 0 Å². The van der Waals surface area contributed by atoms with Crippen LogP contribution in [-0.4, -0.2) is 22.6 Å². The van der Waals surface area contributed by atoms with Gasteiger partial charge in [0.05, 0.1) is 5.41 Å². The van der Waals surface area contributed by atoms with Crippen LogP contribution in [0.5, 0.6) is 0 Å². The van der Waals surface area contributed by atoms with Crippen LogP contribution in [0.3, 0.4) is 0 Å². The van der Waals surface area contributed by atoms with Crippen LogP contribution in [0.2, 0.25) is 0 Å². The van der Waals surface area contributed by atoms with Crippen LogP contribution in [-0.2, 0) is 14.4 Å². The molecule has 5 aliphatic carbocycles. The third-order valence-electron chi connectivity index (χ3n) is 10.1. The minimum absolute atomic E-state index is 0.0864. The molecule has 0 saturated heterocycles. The molecule has 5 aliphatic rings. The average Bonchev–Trinajstić information content (AvgIpc) is 3.15. The molecule has 202 valence electrons. The van der Waals surface area contributed by atoms with Gasteiger partial charge in [0.15, 0.2) is 0 Å². The molecule has 5 fully saturated rings. The summed E-state index contributed by atoms with van der Waals surface area (Å²) in [6.07, 6.45) is 13.0. The van der Waals surface area contributed by atoms with Crippen LogP contribution in [0.15, 0.2) is 48.7 Å². The summed E-state index contributed by atoms with van der Waals surface area (Å²) in [4.78, 5) is 42.3. The molecule has 5 saturated carbocycles. The van der Waals surface area contributed by atoms with E-state index in [0.717, 1.165) is 91.2 Å². The Morgan fingerprint density at radius 3 is 2.23 bits per heavy atom. The highest BCUT2D eigenvalue weighted by Gasteiger charge is 2.58. The molecular weight excluding hydrogens is 486 g/mol. The predicted molar refractivity (Wildman–Crippen MR) is 153 cm³/mol. The van der Waals surface area contributed by atoms with Crippen LogP contribution in [0.4, 0.5) is 11.4 Å². The molecule has 39 heavy (non-hydrogen) atoms.